The number of para-hydroxylation sites is 2. The minimum absolute atomic E-state index is 0.000736. The number of halogens is 1. The van der Waals surface area contributed by atoms with Crippen LogP contribution in [0.4, 0.5) is 5.82 Å². The van der Waals surface area contributed by atoms with Gasteiger partial charge in [-0.05, 0) is 59.4 Å². The Labute approximate surface area is 296 Å². The molecule has 12 nitrogen and oxygen atoms in total. The topological polar surface area (TPSA) is 155 Å². The molecule has 0 atom stereocenters. The van der Waals surface area contributed by atoms with E-state index in [4.69, 9.17) is 25.8 Å². The van der Waals surface area contributed by atoms with Gasteiger partial charge in [0, 0.05) is 24.0 Å². The van der Waals surface area contributed by atoms with Crippen LogP contribution in [0.3, 0.4) is 0 Å². The molecule has 3 aromatic carbocycles. The van der Waals surface area contributed by atoms with Crippen LogP contribution >= 0.6 is 11.6 Å². The van der Waals surface area contributed by atoms with Gasteiger partial charge in [0.2, 0.25) is 17.5 Å². The number of ether oxygens (including phenoxy) is 3. The van der Waals surface area contributed by atoms with E-state index < -0.39 is 10.0 Å². The number of hydrogen-bond donors (Lipinski definition) is 2. The highest BCUT2D eigenvalue weighted by atomic mass is 35.5. The Morgan fingerprint density at radius 2 is 1.54 bits per heavy atom. The number of sulfonamides is 1. The number of hydrogen-bond acceptors (Lipinski definition) is 10. The predicted octanol–water partition coefficient (Wildman–Crippen LogP) is 6.61. The van der Waals surface area contributed by atoms with Gasteiger partial charge in [-0.2, -0.15) is 4.98 Å². The SMILES string of the molecule is COc1ccccc1Oc1c(NS(=O)(=O)c2ccc(C(C)(C)C)cc2)nc(-c2ncccn2)nc1OCCC(=O)NCCc1ccccc1Cl. The van der Waals surface area contributed by atoms with Crippen molar-refractivity contribution in [2.75, 3.05) is 25.0 Å². The Morgan fingerprint density at radius 1 is 0.860 bits per heavy atom. The molecule has 14 heteroatoms. The second-order valence-corrected chi connectivity index (χ2v) is 14.1. The van der Waals surface area contributed by atoms with Crippen LogP contribution in [-0.2, 0) is 26.7 Å². The molecule has 0 unspecified atom stereocenters. The number of aromatic nitrogens is 4. The van der Waals surface area contributed by atoms with Gasteiger partial charge in [-0.15, -0.1) is 0 Å². The van der Waals surface area contributed by atoms with Gasteiger partial charge in [0.1, 0.15) is 0 Å². The van der Waals surface area contributed by atoms with Gasteiger partial charge < -0.3 is 19.5 Å². The van der Waals surface area contributed by atoms with Crippen LogP contribution in [0, 0.1) is 0 Å². The Balaban J connectivity index is 1.47. The van der Waals surface area contributed by atoms with Gasteiger partial charge in [-0.1, -0.05) is 74.8 Å². The quantitative estimate of drug-likeness (QED) is 0.128. The fourth-order valence-electron chi connectivity index (χ4n) is 4.70. The van der Waals surface area contributed by atoms with Crippen molar-refractivity contribution < 1.29 is 27.4 Å². The molecule has 260 valence electrons. The first-order chi connectivity index (χ1) is 23.9. The van der Waals surface area contributed by atoms with Gasteiger partial charge >= 0.3 is 0 Å². The Morgan fingerprint density at radius 3 is 2.22 bits per heavy atom. The molecule has 2 N–H and O–H groups in total. The summed E-state index contributed by atoms with van der Waals surface area (Å²) in [7, 11) is -2.74. The lowest BCUT2D eigenvalue weighted by atomic mass is 9.87. The molecule has 0 aliphatic heterocycles. The Bertz CT molecular complexity index is 2040. The van der Waals surface area contributed by atoms with E-state index >= 15 is 0 Å². The molecule has 1 amide bonds. The summed E-state index contributed by atoms with van der Waals surface area (Å²) < 4.78 is 47.8. The third-order valence-corrected chi connectivity index (χ3v) is 9.11. The Hall–Kier alpha value is -5.27. The smallest absolute Gasteiger partial charge is 0.263 e. The summed E-state index contributed by atoms with van der Waals surface area (Å²) in [4.78, 5) is 30.2. The second-order valence-electron chi connectivity index (χ2n) is 12.0. The molecule has 0 saturated carbocycles. The number of carbonyl (C=O) groups is 1. The molecular weight excluding hydrogens is 680 g/mol. The van der Waals surface area contributed by atoms with Gasteiger partial charge in [-0.25, -0.2) is 23.4 Å². The normalized spacial score (nSPS) is 11.5. The van der Waals surface area contributed by atoms with Crippen LogP contribution < -0.4 is 24.2 Å². The van der Waals surface area contributed by atoms with E-state index in [0.717, 1.165) is 11.1 Å². The maximum absolute atomic E-state index is 13.8. The lowest BCUT2D eigenvalue weighted by Crippen LogP contribution is -2.27. The van der Waals surface area contributed by atoms with E-state index in [0.29, 0.717) is 23.7 Å². The zero-order chi connectivity index (χ0) is 35.7. The molecule has 2 aromatic heterocycles. The summed E-state index contributed by atoms with van der Waals surface area (Å²) in [5.41, 5.74) is 1.70. The lowest BCUT2D eigenvalue weighted by molar-refractivity contribution is -0.121. The summed E-state index contributed by atoms with van der Waals surface area (Å²) in [5, 5.41) is 3.48. The highest BCUT2D eigenvalue weighted by molar-refractivity contribution is 7.92. The molecule has 5 aromatic rings. The zero-order valence-corrected chi connectivity index (χ0v) is 29.6. The van der Waals surface area contributed by atoms with E-state index in [1.54, 1.807) is 48.5 Å². The second kappa shape index (κ2) is 16.0. The third kappa shape index (κ3) is 9.24. The fourth-order valence-corrected chi connectivity index (χ4v) is 5.94. The van der Waals surface area contributed by atoms with Crippen LogP contribution in [0.5, 0.6) is 23.1 Å². The maximum Gasteiger partial charge on any atom is 0.263 e. The van der Waals surface area contributed by atoms with E-state index in [1.165, 1.54) is 31.6 Å². The van der Waals surface area contributed by atoms with Crippen molar-refractivity contribution in [3.05, 3.63) is 107 Å². The zero-order valence-electron chi connectivity index (χ0n) is 28.0. The number of amides is 1. The number of nitrogens with zero attached hydrogens (tertiary/aromatic N) is 4. The summed E-state index contributed by atoms with van der Waals surface area (Å²) in [6, 6.07) is 22.4. The molecule has 0 fully saturated rings. The number of anilines is 1. The first-order valence-corrected chi connectivity index (χ1v) is 17.6. The van der Waals surface area contributed by atoms with Crippen molar-refractivity contribution >= 4 is 33.3 Å². The van der Waals surface area contributed by atoms with Gasteiger partial charge in [0.25, 0.3) is 15.9 Å². The molecular formula is C36H37ClN6O6S. The molecule has 5 rings (SSSR count). The van der Waals surface area contributed by atoms with Crippen molar-refractivity contribution in [1.29, 1.82) is 0 Å². The first kappa shape index (κ1) is 36.0. The van der Waals surface area contributed by atoms with Crippen LogP contribution in [-0.4, -0.2) is 54.5 Å². The molecule has 0 aliphatic carbocycles. The van der Waals surface area contributed by atoms with Gasteiger partial charge in [0.15, 0.2) is 23.1 Å². The molecule has 0 radical (unpaired) electrons. The average molecular weight is 717 g/mol. The molecule has 0 spiro atoms. The Kier molecular flexibility index (Phi) is 11.5. The van der Waals surface area contributed by atoms with Crippen LogP contribution in [0.2, 0.25) is 5.02 Å². The summed E-state index contributed by atoms with van der Waals surface area (Å²) in [6.07, 6.45) is 3.51. The third-order valence-electron chi connectivity index (χ3n) is 7.39. The lowest BCUT2D eigenvalue weighted by Gasteiger charge is -2.20. The van der Waals surface area contributed by atoms with Crippen molar-refractivity contribution in [3.63, 3.8) is 0 Å². The molecule has 50 heavy (non-hydrogen) atoms. The van der Waals surface area contributed by atoms with Crippen molar-refractivity contribution in [2.45, 2.75) is 43.9 Å². The molecule has 0 aliphatic rings. The maximum atomic E-state index is 13.8. The van der Waals surface area contributed by atoms with Crippen molar-refractivity contribution in [1.82, 2.24) is 25.3 Å². The molecule has 0 bridgehead atoms. The van der Waals surface area contributed by atoms with E-state index in [9.17, 15) is 13.2 Å². The highest BCUT2D eigenvalue weighted by Crippen LogP contribution is 2.41. The monoisotopic (exact) mass is 716 g/mol. The van der Waals surface area contributed by atoms with Gasteiger partial charge in [-0.3, -0.25) is 9.52 Å². The summed E-state index contributed by atoms with van der Waals surface area (Å²) >= 11 is 6.23. The van der Waals surface area contributed by atoms with E-state index in [-0.39, 0.29) is 64.1 Å². The van der Waals surface area contributed by atoms with E-state index in [1.807, 2.05) is 39.0 Å². The van der Waals surface area contributed by atoms with Crippen molar-refractivity contribution in [2.24, 2.45) is 0 Å². The summed E-state index contributed by atoms with van der Waals surface area (Å²) in [6.45, 7) is 6.35. The van der Waals surface area contributed by atoms with Crippen molar-refractivity contribution in [3.8, 4) is 34.8 Å². The first-order valence-electron chi connectivity index (χ1n) is 15.7. The number of methoxy groups -OCH3 is 1. The van der Waals surface area contributed by atoms with Crippen LogP contribution in [0.1, 0.15) is 38.3 Å². The number of nitrogens with one attached hydrogen (secondary N) is 2. The van der Waals surface area contributed by atoms with Gasteiger partial charge in [0.05, 0.1) is 25.0 Å². The number of benzene rings is 3. The molecule has 0 saturated heterocycles. The minimum atomic E-state index is -4.21. The van der Waals surface area contributed by atoms with Crippen LogP contribution in [0.15, 0.2) is 96.2 Å². The predicted molar refractivity (Wildman–Crippen MR) is 190 cm³/mol. The average Bonchev–Trinajstić information content (AvgIpc) is 3.10. The molecule has 2 heterocycles. The fraction of sp³-hybridized carbons (Fsp3) is 0.250. The van der Waals surface area contributed by atoms with Crippen LogP contribution in [0.25, 0.3) is 11.6 Å². The number of carbonyl (C=O) groups excluding carboxylic acids is 1. The largest absolute Gasteiger partial charge is 0.493 e. The minimum Gasteiger partial charge on any atom is -0.493 e. The number of rotatable bonds is 14. The van der Waals surface area contributed by atoms with E-state index in [2.05, 4.69) is 30.0 Å². The summed E-state index contributed by atoms with van der Waals surface area (Å²) in [5.74, 6) is -0.178. The standard InChI is InChI=1S/C36H37ClN6O6S/c1-36(2,3)25-14-16-26(17-15-25)50(45,46)43-32-31(49-29-13-8-7-12-28(29)47-4)35(42-34(41-32)33-39-20-9-21-40-33)48-23-19-30(44)38-22-18-24-10-5-6-11-27(24)37/h5-17,20-21H,18-19,22-23H2,1-4H3,(H,38,44)(H,41,42,43). The highest BCUT2D eigenvalue weighted by Gasteiger charge is 2.26.